The SMILES string of the molecule is CC(C)[C@@H](O)[C@@H](O)[C@H](O)[C@H](O)CCO. The van der Waals surface area contributed by atoms with Crippen LogP contribution in [-0.2, 0) is 0 Å². The quantitative estimate of drug-likeness (QED) is 0.364. The van der Waals surface area contributed by atoms with E-state index in [4.69, 9.17) is 5.11 Å². The molecule has 0 aromatic carbocycles. The molecule has 0 aromatic rings. The molecule has 0 aromatic heterocycles. The highest BCUT2D eigenvalue weighted by Gasteiger charge is 2.31. The van der Waals surface area contributed by atoms with Gasteiger partial charge in [0, 0.05) is 6.61 Å². The molecule has 4 atom stereocenters. The van der Waals surface area contributed by atoms with Gasteiger partial charge in [-0.05, 0) is 12.3 Å². The number of aliphatic hydroxyl groups excluding tert-OH is 5. The fraction of sp³-hybridized carbons (Fsp3) is 1.00. The maximum atomic E-state index is 9.41. The Hall–Kier alpha value is -0.200. The van der Waals surface area contributed by atoms with Crippen LogP contribution in [0.2, 0.25) is 0 Å². The molecule has 0 aliphatic rings. The van der Waals surface area contributed by atoms with Gasteiger partial charge in [-0.25, -0.2) is 0 Å². The van der Waals surface area contributed by atoms with Crippen LogP contribution in [0.4, 0.5) is 0 Å². The first kappa shape index (κ1) is 13.8. The average Bonchev–Trinajstić information content (AvgIpc) is 2.14. The Bertz CT molecular complexity index is 150. The van der Waals surface area contributed by atoms with Gasteiger partial charge in [-0.1, -0.05) is 13.8 Å². The molecule has 86 valence electrons. The van der Waals surface area contributed by atoms with Crippen molar-refractivity contribution in [2.24, 2.45) is 5.92 Å². The van der Waals surface area contributed by atoms with E-state index in [1.54, 1.807) is 13.8 Å². The Balaban J connectivity index is 4.15. The van der Waals surface area contributed by atoms with Crippen molar-refractivity contribution < 1.29 is 25.5 Å². The fourth-order valence-corrected chi connectivity index (χ4v) is 1.13. The lowest BCUT2D eigenvalue weighted by molar-refractivity contribution is -0.118. The zero-order valence-electron chi connectivity index (χ0n) is 8.54. The van der Waals surface area contributed by atoms with Crippen LogP contribution in [0.25, 0.3) is 0 Å². The highest BCUT2D eigenvalue weighted by molar-refractivity contribution is 4.82. The van der Waals surface area contributed by atoms with Gasteiger partial charge in [-0.2, -0.15) is 0 Å². The fourth-order valence-electron chi connectivity index (χ4n) is 1.13. The first-order valence-corrected chi connectivity index (χ1v) is 4.75. The molecule has 0 radical (unpaired) electrons. The van der Waals surface area contributed by atoms with Crippen LogP contribution in [0.5, 0.6) is 0 Å². The first-order chi connectivity index (χ1) is 6.41. The van der Waals surface area contributed by atoms with Crippen molar-refractivity contribution in [1.82, 2.24) is 0 Å². The molecule has 0 bridgehead atoms. The van der Waals surface area contributed by atoms with Crippen molar-refractivity contribution in [3.8, 4) is 0 Å². The van der Waals surface area contributed by atoms with Crippen molar-refractivity contribution in [3.63, 3.8) is 0 Å². The zero-order chi connectivity index (χ0) is 11.3. The highest BCUT2D eigenvalue weighted by atomic mass is 16.4. The Morgan fingerprint density at radius 3 is 1.71 bits per heavy atom. The van der Waals surface area contributed by atoms with Crippen LogP contribution in [-0.4, -0.2) is 56.6 Å². The van der Waals surface area contributed by atoms with Crippen LogP contribution in [0.3, 0.4) is 0 Å². The second kappa shape index (κ2) is 6.31. The Morgan fingerprint density at radius 1 is 0.857 bits per heavy atom. The summed E-state index contributed by atoms with van der Waals surface area (Å²) in [5, 5.41) is 45.9. The Kier molecular flexibility index (Phi) is 6.22. The molecule has 0 saturated heterocycles. The van der Waals surface area contributed by atoms with Crippen molar-refractivity contribution in [3.05, 3.63) is 0 Å². The molecule has 0 rings (SSSR count). The molecule has 0 spiro atoms. The van der Waals surface area contributed by atoms with E-state index < -0.39 is 24.4 Å². The third-order valence-corrected chi connectivity index (χ3v) is 2.20. The van der Waals surface area contributed by atoms with Crippen LogP contribution in [0, 0.1) is 5.92 Å². The van der Waals surface area contributed by atoms with Crippen LogP contribution < -0.4 is 0 Å². The van der Waals surface area contributed by atoms with Gasteiger partial charge in [0.2, 0.25) is 0 Å². The van der Waals surface area contributed by atoms with Crippen LogP contribution >= 0.6 is 0 Å². The second-order valence-electron chi connectivity index (χ2n) is 3.80. The standard InChI is InChI=1S/C9H20O5/c1-5(2)7(12)9(14)8(13)6(11)3-4-10/h5-14H,3-4H2,1-2H3/t6-,7-,8-,9-/m1/s1. The molecule has 0 aliphatic heterocycles. The minimum Gasteiger partial charge on any atom is -0.396 e. The van der Waals surface area contributed by atoms with Crippen molar-refractivity contribution >= 4 is 0 Å². The van der Waals surface area contributed by atoms with Crippen LogP contribution in [0.1, 0.15) is 20.3 Å². The highest BCUT2D eigenvalue weighted by Crippen LogP contribution is 2.13. The monoisotopic (exact) mass is 208 g/mol. The van der Waals surface area contributed by atoms with Gasteiger partial charge in [-0.3, -0.25) is 0 Å². The van der Waals surface area contributed by atoms with Gasteiger partial charge in [0.15, 0.2) is 0 Å². The van der Waals surface area contributed by atoms with E-state index in [9.17, 15) is 20.4 Å². The van der Waals surface area contributed by atoms with Crippen molar-refractivity contribution in [1.29, 1.82) is 0 Å². The van der Waals surface area contributed by atoms with E-state index in [1.807, 2.05) is 0 Å². The first-order valence-electron chi connectivity index (χ1n) is 4.75. The van der Waals surface area contributed by atoms with Gasteiger partial charge >= 0.3 is 0 Å². The topological polar surface area (TPSA) is 101 Å². The van der Waals surface area contributed by atoms with E-state index >= 15 is 0 Å². The third-order valence-electron chi connectivity index (χ3n) is 2.20. The molecule has 5 nitrogen and oxygen atoms in total. The Labute approximate surface area is 83.6 Å². The number of hydrogen-bond donors (Lipinski definition) is 5. The molecule has 5 heteroatoms. The van der Waals surface area contributed by atoms with Gasteiger partial charge in [0.05, 0.1) is 12.2 Å². The van der Waals surface area contributed by atoms with Crippen LogP contribution in [0.15, 0.2) is 0 Å². The zero-order valence-corrected chi connectivity index (χ0v) is 8.54. The van der Waals surface area contributed by atoms with Crippen molar-refractivity contribution in [2.45, 2.75) is 44.7 Å². The summed E-state index contributed by atoms with van der Waals surface area (Å²) >= 11 is 0. The molecule has 0 heterocycles. The van der Waals surface area contributed by atoms with E-state index in [-0.39, 0.29) is 18.9 Å². The van der Waals surface area contributed by atoms with Gasteiger partial charge in [0.1, 0.15) is 12.2 Å². The molecule has 5 N–H and O–H groups in total. The summed E-state index contributed by atoms with van der Waals surface area (Å²) in [6.45, 7) is 3.11. The molecular formula is C9H20O5. The summed E-state index contributed by atoms with van der Waals surface area (Å²) in [5.74, 6) is -0.207. The number of hydrogen-bond acceptors (Lipinski definition) is 5. The molecule has 0 unspecified atom stereocenters. The Morgan fingerprint density at radius 2 is 1.36 bits per heavy atom. The molecule has 0 saturated carbocycles. The maximum Gasteiger partial charge on any atom is 0.108 e. The summed E-state index contributed by atoms with van der Waals surface area (Å²) < 4.78 is 0. The molecule has 0 amide bonds. The normalized spacial score (nSPS) is 20.6. The van der Waals surface area contributed by atoms with Gasteiger partial charge < -0.3 is 25.5 Å². The third kappa shape index (κ3) is 3.89. The number of rotatable bonds is 6. The molecular weight excluding hydrogens is 188 g/mol. The number of aliphatic hydroxyl groups is 5. The minimum atomic E-state index is -1.43. The minimum absolute atomic E-state index is 0.0248. The summed E-state index contributed by atoms with van der Waals surface area (Å²) in [6, 6.07) is 0. The summed E-state index contributed by atoms with van der Waals surface area (Å²) in [4.78, 5) is 0. The lowest BCUT2D eigenvalue weighted by Gasteiger charge is -2.28. The van der Waals surface area contributed by atoms with E-state index in [1.165, 1.54) is 0 Å². The summed E-state index contributed by atoms with van der Waals surface area (Å²) in [5.41, 5.74) is 0. The lowest BCUT2D eigenvalue weighted by atomic mass is 9.94. The molecule has 14 heavy (non-hydrogen) atoms. The predicted octanol–water partition coefficient (Wildman–Crippen LogP) is -1.53. The maximum absolute atomic E-state index is 9.41. The molecule has 0 fully saturated rings. The van der Waals surface area contributed by atoms with E-state index in [0.29, 0.717) is 0 Å². The largest absolute Gasteiger partial charge is 0.396 e. The van der Waals surface area contributed by atoms with E-state index in [0.717, 1.165) is 0 Å². The van der Waals surface area contributed by atoms with Gasteiger partial charge in [0.25, 0.3) is 0 Å². The summed E-state index contributed by atoms with van der Waals surface area (Å²) in [6.07, 6.45) is -5.15. The van der Waals surface area contributed by atoms with Gasteiger partial charge in [-0.15, -0.1) is 0 Å². The lowest BCUT2D eigenvalue weighted by Crippen LogP contribution is -2.46. The van der Waals surface area contributed by atoms with Crippen molar-refractivity contribution in [2.75, 3.05) is 6.61 Å². The smallest absolute Gasteiger partial charge is 0.108 e. The molecule has 0 aliphatic carbocycles. The summed E-state index contributed by atoms with van der Waals surface area (Å²) in [7, 11) is 0. The average molecular weight is 208 g/mol. The second-order valence-corrected chi connectivity index (χ2v) is 3.80. The van der Waals surface area contributed by atoms with E-state index in [2.05, 4.69) is 0 Å². The predicted molar refractivity (Wildman–Crippen MR) is 50.6 cm³/mol.